The second-order valence-electron chi connectivity index (χ2n) is 8.48. The van der Waals surface area contributed by atoms with Crippen molar-refractivity contribution in [3.63, 3.8) is 0 Å². The monoisotopic (exact) mass is 684 g/mol. The maximum absolute atomic E-state index is 10.0. The van der Waals surface area contributed by atoms with E-state index in [1.54, 1.807) is 11.3 Å². The van der Waals surface area contributed by atoms with E-state index in [1.165, 1.54) is 40.5 Å². The Morgan fingerprint density at radius 2 is 1.84 bits per heavy atom. The molecular formula is C30H23IrN2O3S-. The van der Waals surface area contributed by atoms with Crippen molar-refractivity contribution in [1.29, 1.82) is 0 Å². The molecule has 0 atom stereocenters. The average molecular weight is 684 g/mol. The molecule has 0 saturated heterocycles. The summed E-state index contributed by atoms with van der Waals surface area (Å²) < 4.78 is 7.29. The minimum atomic E-state index is -0.125. The first-order chi connectivity index (χ1) is 17.4. The first kappa shape index (κ1) is 26.4. The number of aliphatic hydroxyl groups excluding tert-OH is 1. The fraction of sp³-hybridized carbons (Fsp3) is 0.100. The number of rotatable bonds is 3. The Kier molecular flexibility index (Phi) is 7.98. The number of fused-ring (bicyclic) bond motifs is 4. The van der Waals surface area contributed by atoms with Crippen LogP contribution in [-0.4, -0.2) is 20.9 Å². The van der Waals surface area contributed by atoms with Gasteiger partial charge in [-0.2, -0.15) is 0 Å². The van der Waals surface area contributed by atoms with Crippen molar-refractivity contribution in [2.75, 3.05) is 0 Å². The van der Waals surface area contributed by atoms with Crippen LogP contribution in [0.1, 0.15) is 19.5 Å². The molecule has 1 N–H and O–H groups in total. The van der Waals surface area contributed by atoms with Crippen LogP contribution in [-0.2, 0) is 24.9 Å². The fourth-order valence-electron chi connectivity index (χ4n) is 4.03. The van der Waals surface area contributed by atoms with Gasteiger partial charge in [-0.3, -0.25) is 4.79 Å². The number of aliphatic hydroxyl groups is 1. The number of benzene rings is 2. The summed E-state index contributed by atoms with van der Waals surface area (Å²) in [6.07, 6.45) is 3.11. The van der Waals surface area contributed by atoms with Crippen LogP contribution >= 0.6 is 11.3 Å². The minimum Gasteiger partial charge on any atom is -0.512 e. The van der Waals surface area contributed by atoms with Crippen molar-refractivity contribution in [3.8, 4) is 21.7 Å². The molecule has 7 heteroatoms. The normalized spacial score (nSPS) is 11.3. The molecule has 4 aromatic heterocycles. The predicted molar refractivity (Wildman–Crippen MR) is 146 cm³/mol. The first-order valence-corrected chi connectivity index (χ1v) is 12.2. The third kappa shape index (κ3) is 5.70. The maximum atomic E-state index is 10.0. The van der Waals surface area contributed by atoms with E-state index in [2.05, 4.69) is 53.5 Å². The van der Waals surface area contributed by atoms with Gasteiger partial charge in [-0.05, 0) is 55.6 Å². The van der Waals surface area contributed by atoms with E-state index in [4.69, 9.17) is 14.5 Å². The molecule has 0 fully saturated rings. The van der Waals surface area contributed by atoms with E-state index < -0.39 is 0 Å². The van der Waals surface area contributed by atoms with E-state index in [-0.39, 0.29) is 31.6 Å². The summed E-state index contributed by atoms with van der Waals surface area (Å²) in [6.45, 7) is 4.82. The molecule has 0 amide bonds. The predicted octanol–water partition coefficient (Wildman–Crippen LogP) is 8.07. The average Bonchev–Trinajstić information content (AvgIpc) is 3.44. The third-order valence-electron chi connectivity index (χ3n) is 5.57. The molecule has 37 heavy (non-hydrogen) atoms. The van der Waals surface area contributed by atoms with Crippen LogP contribution in [0.5, 0.6) is 0 Å². The molecule has 0 aliphatic rings. The Hall–Kier alpha value is -3.64. The van der Waals surface area contributed by atoms with Gasteiger partial charge in [0.25, 0.3) is 0 Å². The SMILES string of the molecule is CC(=O)/C=C(/C)O.Cc1ccc2c(n1)oc1c(-c3cc4cc(-c5ccccc5)sc4cn3)[c-]ccc12.[Ir]. The number of allylic oxidation sites excluding steroid dienone is 2. The van der Waals surface area contributed by atoms with Crippen LogP contribution in [0.3, 0.4) is 0 Å². The van der Waals surface area contributed by atoms with Crippen molar-refractivity contribution < 1.29 is 34.4 Å². The number of pyridine rings is 2. The molecule has 2 aromatic carbocycles. The maximum Gasteiger partial charge on any atom is 0.216 e. The smallest absolute Gasteiger partial charge is 0.216 e. The van der Waals surface area contributed by atoms with E-state index >= 15 is 0 Å². The largest absolute Gasteiger partial charge is 0.512 e. The molecular weight excluding hydrogens is 661 g/mol. The molecule has 0 spiro atoms. The molecule has 0 aliphatic heterocycles. The van der Waals surface area contributed by atoms with Gasteiger partial charge in [0.2, 0.25) is 5.71 Å². The van der Waals surface area contributed by atoms with Crippen LogP contribution in [0.2, 0.25) is 0 Å². The van der Waals surface area contributed by atoms with Crippen LogP contribution in [0.25, 0.3) is 53.9 Å². The van der Waals surface area contributed by atoms with E-state index in [0.29, 0.717) is 5.71 Å². The Bertz CT molecular complexity index is 1750. The third-order valence-corrected chi connectivity index (χ3v) is 6.70. The zero-order valence-corrected chi connectivity index (χ0v) is 23.6. The minimum absolute atomic E-state index is 0. The molecule has 1 radical (unpaired) electrons. The molecule has 0 saturated carbocycles. The number of hydrogen-bond donors (Lipinski definition) is 1. The molecule has 0 bridgehead atoms. The van der Waals surface area contributed by atoms with Gasteiger partial charge in [0.05, 0.1) is 16.0 Å². The number of aryl methyl sites for hydroxylation is 1. The summed E-state index contributed by atoms with van der Waals surface area (Å²) in [5, 5.41) is 11.6. The fourth-order valence-corrected chi connectivity index (χ4v) is 5.04. The Morgan fingerprint density at radius 1 is 1.05 bits per heavy atom. The van der Waals surface area contributed by atoms with Gasteiger partial charge in [-0.1, -0.05) is 47.3 Å². The second kappa shape index (κ2) is 11.2. The van der Waals surface area contributed by atoms with Gasteiger partial charge in [-0.15, -0.1) is 29.5 Å². The van der Waals surface area contributed by atoms with Crippen LogP contribution in [0.4, 0.5) is 0 Å². The van der Waals surface area contributed by atoms with Crippen molar-refractivity contribution in [2.45, 2.75) is 20.8 Å². The number of furan rings is 1. The summed E-state index contributed by atoms with van der Waals surface area (Å²) in [5.41, 5.74) is 5.33. The molecule has 0 aliphatic carbocycles. The molecule has 0 unspecified atom stereocenters. The Morgan fingerprint density at radius 3 is 2.54 bits per heavy atom. The van der Waals surface area contributed by atoms with Gasteiger partial charge in [0.1, 0.15) is 0 Å². The quantitative estimate of drug-likeness (QED) is 0.116. The summed E-state index contributed by atoms with van der Waals surface area (Å²) in [4.78, 5) is 20.5. The van der Waals surface area contributed by atoms with Crippen molar-refractivity contribution in [3.05, 3.63) is 96.5 Å². The first-order valence-electron chi connectivity index (χ1n) is 11.4. The van der Waals surface area contributed by atoms with Crippen molar-refractivity contribution in [2.24, 2.45) is 0 Å². The topological polar surface area (TPSA) is 76.2 Å². The molecule has 187 valence electrons. The zero-order valence-electron chi connectivity index (χ0n) is 20.4. The van der Waals surface area contributed by atoms with Gasteiger partial charge >= 0.3 is 0 Å². The number of ketones is 1. The van der Waals surface area contributed by atoms with Gasteiger partial charge in [-0.25, -0.2) is 4.98 Å². The standard InChI is InChI=1S/C25H15N2OS.C5H8O2.Ir/c1-15-10-11-19-18-8-5-9-20(24(18)28-25(19)27-15)21-12-17-13-22(29-23(17)14-26-21)16-6-3-2-4-7-16;1-4(6)3-5(2)7;/h2-8,10-14H,1H3;3,6H,1-2H3;/q-1;;/b;4-3-;. The van der Waals surface area contributed by atoms with Crippen LogP contribution in [0, 0.1) is 13.0 Å². The van der Waals surface area contributed by atoms with Gasteiger partial charge in [0.15, 0.2) is 5.78 Å². The molecule has 6 rings (SSSR count). The van der Waals surface area contributed by atoms with Crippen LogP contribution in [0.15, 0.2) is 89.2 Å². The van der Waals surface area contributed by atoms with Crippen molar-refractivity contribution >= 4 is 49.3 Å². The zero-order chi connectivity index (χ0) is 25.2. The number of carbonyl (C=O) groups excluding carboxylic acids is 1. The number of carbonyl (C=O) groups is 1. The van der Waals surface area contributed by atoms with E-state index in [0.717, 1.165) is 33.3 Å². The van der Waals surface area contributed by atoms with Gasteiger partial charge < -0.3 is 14.5 Å². The summed E-state index contributed by atoms with van der Waals surface area (Å²) >= 11 is 1.76. The van der Waals surface area contributed by atoms with E-state index in [1.807, 2.05) is 37.4 Å². The molecule has 6 aromatic rings. The second-order valence-corrected chi connectivity index (χ2v) is 9.57. The number of thiophene rings is 1. The summed E-state index contributed by atoms with van der Waals surface area (Å²) in [5.74, 6) is -0.0625. The van der Waals surface area contributed by atoms with E-state index in [9.17, 15) is 4.79 Å². The Balaban J connectivity index is 0.000000356. The summed E-state index contributed by atoms with van der Waals surface area (Å²) in [6, 6.07) is 26.1. The number of aromatic nitrogens is 2. The van der Waals surface area contributed by atoms with Crippen LogP contribution < -0.4 is 0 Å². The number of nitrogens with zero attached hydrogens (tertiary/aromatic N) is 2. The number of hydrogen-bond acceptors (Lipinski definition) is 6. The molecule has 5 nitrogen and oxygen atoms in total. The van der Waals surface area contributed by atoms with Crippen molar-refractivity contribution in [1.82, 2.24) is 9.97 Å². The Labute approximate surface area is 231 Å². The summed E-state index contributed by atoms with van der Waals surface area (Å²) in [7, 11) is 0. The molecule has 4 heterocycles. The van der Waals surface area contributed by atoms with Gasteiger partial charge in [0, 0.05) is 48.3 Å².